The molecule has 1 aliphatic heterocycles. The molecule has 3 nitrogen and oxygen atoms in total. The van der Waals surface area contributed by atoms with Gasteiger partial charge in [-0.25, -0.2) is 4.79 Å². The van der Waals surface area contributed by atoms with Gasteiger partial charge in [0, 0.05) is 13.1 Å². The Morgan fingerprint density at radius 3 is 2.33 bits per heavy atom. The van der Waals surface area contributed by atoms with Crippen molar-refractivity contribution in [2.24, 2.45) is 11.8 Å². The Hall–Kier alpha value is -0.380. The zero-order valence-corrected chi connectivity index (χ0v) is 13.6. The predicted octanol–water partition coefficient (Wildman–Crippen LogP) is 3.84. The van der Waals surface area contributed by atoms with Gasteiger partial charge in [-0.15, -0.1) is 0 Å². The van der Waals surface area contributed by atoms with Crippen molar-refractivity contribution in [3.05, 3.63) is 0 Å². The van der Waals surface area contributed by atoms with E-state index >= 15 is 0 Å². The van der Waals surface area contributed by atoms with E-state index in [0.717, 1.165) is 13.1 Å². The minimum Gasteiger partial charge on any atom is -0.444 e. The van der Waals surface area contributed by atoms with Crippen molar-refractivity contribution in [3.8, 4) is 0 Å². The molecule has 2 unspecified atom stereocenters. The zero-order valence-electron chi connectivity index (χ0n) is 12.7. The Labute approximate surface area is 118 Å². The van der Waals surface area contributed by atoms with E-state index in [4.69, 9.17) is 4.74 Å². The first-order chi connectivity index (χ1) is 8.33. The summed E-state index contributed by atoms with van der Waals surface area (Å²) in [4.78, 5) is 13.7. The number of hydrogen-bond donors (Lipinski definition) is 1. The summed E-state index contributed by atoms with van der Waals surface area (Å²) < 4.78 is 5.38. The highest BCUT2D eigenvalue weighted by molar-refractivity contribution is 7.79. The van der Waals surface area contributed by atoms with Crippen LogP contribution in [-0.4, -0.2) is 35.9 Å². The van der Waals surface area contributed by atoms with Crippen LogP contribution in [0, 0.1) is 11.8 Å². The van der Waals surface area contributed by atoms with Crippen LogP contribution in [0.2, 0.25) is 0 Å². The van der Waals surface area contributed by atoms with Crippen molar-refractivity contribution in [2.45, 2.75) is 53.1 Å². The van der Waals surface area contributed by atoms with Gasteiger partial charge in [0.2, 0.25) is 0 Å². The van der Waals surface area contributed by atoms with Crippen LogP contribution in [0.4, 0.5) is 4.79 Å². The van der Waals surface area contributed by atoms with Gasteiger partial charge in [0.15, 0.2) is 0 Å². The van der Waals surface area contributed by atoms with Gasteiger partial charge in [-0.3, -0.25) is 0 Å². The minimum absolute atomic E-state index is 0.155. The van der Waals surface area contributed by atoms with E-state index in [1.54, 1.807) is 6.26 Å². The summed E-state index contributed by atoms with van der Waals surface area (Å²) in [5.74, 6) is 1.25. The van der Waals surface area contributed by atoms with Gasteiger partial charge in [0.05, 0.1) is 0 Å². The number of amides is 1. The molecule has 0 aromatic heterocycles. The highest BCUT2D eigenvalue weighted by Crippen LogP contribution is 2.27. The molecule has 0 aromatic rings. The van der Waals surface area contributed by atoms with Crippen molar-refractivity contribution < 1.29 is 9.53 Å². The van der Waals surface area contributed by atoms with Crippen molar-refractivity contribution in [2.75, 3.05) is 19.3 Å². The van der Waals surface area contributed by atoms with Gasteiger partial charge in [-0.1, -0.05) is 20.3 Å². The molecule has 1 heterocycles. The number of rotatable bonds is 2. The van der Waals surface area contributed by atoms with E-state index in [-0.39, 0.29) is 11.7 Å². The van der Waals surface area contributed by atoms with Crippen LogP contribution in [0.15, 0.2) is 0 Å². The average Bonchev–Trinajstić information content (AvgIpc) is 2.62. The molecule has 1 rings (SSSR count). The molecule has 1 amide bonds. The highest BCUT2D eigenvalue weighted by atomic mass is 32.1. The molecule has 4 heteroatoms. The molecule has 0 radical (unpaired) electrons. The SMILES string of the molecule is CCCC1CN(C(=O)OC(C)(C)C)CC1C.CS. The summed E-state index contributed by atoms with van der Waals surface area (Å²) in [5, 5.41) is 0. The van der Waals surface area contributed by atoms with Gasteiger partial charge in [-0.2, -0.15) is 12.6 Å². The largest absolute Gasteiger partial charge is 0.444 e. The second-order valence-corrected chi connectivity index (χ2v) is 5.91. The Morgan fingerprint density at radius 1 is 1.33 bits per heavy atom. The number of thiol groups is 1. The normalized spacial score (nSPS) is 23.4. The second-order valence-electron chi connectivity index (χ2n) is 5.91. The summed E-state index contributed by atoms with van der Waals surface area (Å²) >= 11 is 3.53. The van der Waals surface area contributed by atoms with Gasteiger partial charge in [0.25, 0.3) is 0 Å². The summed E-state index contributed by atoms with van der Waals surface area (Å²) in [7, 11) is 0. The van der Waals surface area contributed by atoms with Gasteiger partial charge >= 0.3 is 6.09 Å². The molecular weight excluding hydrogens is 246 g/mol. The second kappa shape index (κ2) is 7.93. The number of ether oxygens (including phenoxy) is 1. The summed E-state index contributed by atoms with van der Waals surface area (Å²) in [6.45, 7) is 11.9. The maximum atomic E-state index is 11.9. The Balaban J connectivity index is 0.00000137. The van der Waals surface area contributed by atoms with E-state index in [1.165, 1.54) is 12.8 Å². The van der Waals surface area contributed by atoms with Crippen molar-refractivity contribution >= 4 is 18.7 Å². The average molecular weight is 275 g/mol. The summed E-state index contributed by atoms with van der Waals surface area (Å²) in [6.07, 6.45) is 3.94. The number of carbonyl (C=O) groups excluding carboxylic acids is 1. The third kappa shape index (κ3) is 5.98. The third-order valence-electron chi connectivity index (χ3n) is 3.08. The molecule has 2 atom stereocenters. The number of hydrogen-bond acceptors (Lipinski definition) is 3. The quantitative estimate of drug-likeness (QED) is 0.776. The first-order valence-corrected chi connectivity index (χ1v) is 7.65. The molecule has 1 fully saturated rings. The lowest BCUT2D eigenvalue weighted by Gasteiger charge is -2.24. The highest BCUT2D eigenvalue weighted by Gasteiger charge is 2.33. The Bertz CT molecular complexity index is 251. The molecule has 0 aliphatic carbocycles. The first kappa shape index (κ1) is 17.6. The van der Waals surface area contributed by atoms with Crippen LogP contribution < -0.4 is 0 Å². The Kier molecular flexibility index (Phi) is 7.76. The van der Waals surface area contributed by atoms with Gasteiger partial charge in [-0.05, 0) is 45.3 Å². The molecule has 1 aliphatic rings. The molecule has 0 spiro atoms. The van der Waals surface area contributed by atoms with E-state index in [1.807, 2.05) is 25.7 Å². The molecule has 108 valence electrons. The fourth-order valence-electron chi connectivity index (χ4n) is 2.26. The van der Waals surface area contributed by atoms with Crippen molar-refractivity contribution in [1.29, 1.82) is 0 Å². The van der Waals surface area contributed by atoms with E-state index in [0.29, 0.717) is 11.8 Å². The van der Waals surface area contributed by atoms with Crippen LogP contribution in [0.25, 0.3) is 0 Å². The predicted molar refractivity (Wildman–Crippen MR) is 80.3 cm³/mol. The fraction of sp³-hybridized carbons (Fsp3) is 0.929. The number of likely N-dealkylation sites (tertiary alicyclic amines) is 1. The zero-order chi connectivity index (χ0) is 14.3. The molecule has 0 N–H and O–H groups in total. The molecule has 18 heavy (non-hydrogen) atoms. The lowest BCUT2D eigenvalue weighted by molar-refractivity contribution is 0.0284. The Morgan fingerprint density at radius 2 is 1.89 bits per heavy atom. The van der Waals surface area contributed by atoms with Crippen LogP contribution in [0.1, 0.15) is 47.5 Å². The molecule has 0 saturated carbocycles. The smallest absolute Gasteiger partial charge is 0.410 e. The fourth-order valence-corrected chi connectivity index (χ4v) is 2.26. The van der Waals surface area contributed by atoms with Crippen LogP contribution in [0.5, 0.6) is 0 Å². The topological polar surface area (TPSA) is 29.5 Å². The number of carbonyl (C=O) groups is 1. The maximum absolute atomic E-state index is 11.9. The molecule has 0 bridgehead atoms. The van der Waals surface area contributed by atoms with E-state index < -0.39 is 0 Å². The van der Waals surface area contributed by atoms with E-state index in [9.17, 15) is 4.79 Å². The standard InChI is InChI=1S/C13H25NO2.CH4S/c1-6-7-11-9-14(8-10(11)2)12(15)16-13(3,4)5;1-2/h10-11H,6-9H2,1-5H3;2H,1H3. The maximum Gasteiger partial charge on any atom is 0.410 e. The lowest BCUT2D eigenvalue weighted by Crippen LogP contribution is -2.35. The van der Waals surface area contributed by atoms with E-state index in [2.05, 4.69) is 26.5 Å². The van der Waals surface area contributed by atoms with Crippen molar-refractivity contribution in [1.82, 2.24) is 4.90 Å². The third-order valence-corrected chi connectivity index (χ3v) is 3.08. The molecular formula is C14H29NO2S. The molecule has 0 aromatic carbocycles. The van der Waals surface area contributed by atoms with Crippen LogP contribution >= 0.6 is 12.6 Å². The van der Waals surface area contributed by atoms with Crippen LogP contribution in [0.3, 0.4) is 0 Å². The van der Waals surface area contributed by atoms with Crippen LogP contribution in [-0.2, 0) is 4.74 Å². The lowest BCUT2D eigenvalue weighted by atomic mass is 9.94. The first-order valence-electron chi connectivity index (χ1n) is 6.76. The summed E-state index contributed by atoms with van der Waals surface area (Å²) in [6, 6.07) is 0. The minimum atomic E-state index is -0.386. The molecule has 1 saturated heterocycles. The van der Waals surface area contributed by atoms with Gasteiger partial charge in [0.1, 0.15) is 5.60 Å². The number of nitrogens with zero attached hydrogens (tertiary/aromatic N) is 1. The monoisotopic (exact) mass is 275 g/mol. The van der Waals surface area contributed by atoms with Crippen molar-refractivity contribution in [3.63, 3.8) is 0 Å². The van der Waals surface area contributed by atoms with Gasteiger partial charge < -0.3 is 9.64 Å². The summed E-state index contributed by atoms with van der Waals surface area (Å²) in [5.41, 5.74) is -0.386.